The van der Waals surface area contributed by atoms with Crippen LogP contribution in [0.3, 0.4) is 0 Å². The molecule has 3 rings (SSSR count). The molecular formula is C18H18N2O. The van der Waals surface area contributed by atoms with Crippen molar-refractivity contribution in [3.8, 4) is 0 Å². The van der Waals surface area contributed by atoms with E-state index < -0.39 is 0 Å². The molecule has 0 amide bonds. The lowest BCUT2D eigenvalue weighted by Crippen LogP contribution is -2.11. The summed E-state index contributed by atoms with van der Waals surface area (Å²) in [7, 11) is 0. The second-order valence-electron chi connectivity index (χ2n) is 4.88. The molecule has 0 aliphatic rings. The van der Waals surface area contributed by atoms with E-state index >= 15 is 0 Å². The first-order chi connectivity index (χ1) is 10.3. The number of benzene rings is 2. The zero-order chi connectivity index (χ0) is 14.5. The van der Waals surface area contributed by atoms with Gasteiger partial charge in [-0.3, -0.25) is 0 Å². The molecule has 0 radical (unpaired) electrons. The van der Waals surface area contributed by atoms with Crippen LogP contribution in [-0.4, -0.2) is 11.5 Å². The van der Waals surface area contributed by atoms with E-state index in [-0.39, 0.29) is 0 Å². The average Bonchev–Trinajstić information content (AvgIpc) is 2.94. The van der Waals surface area contributed by atoms with Crippen LogP contribution in [0.1, 0.15) is 23.9 Å². The molecule has 2 aromatic carbocycles. The third-order valence-electron chi connectivity index (χ3n) is 3.27. The van der Waals surface area contributed by atoms with Gasteiger partial charge < -0.3 is 9.73 Å². The molecule has 3 heteroatoms. The minimum absolute atomic E-state index is 0.634. The standard InChI is InChI=1S/C18H18N2O/c1-2-19-13-15-8-10-16-17(12-15)21-18(20-16)11-9-14-6-4-3-5-7-14/h3-12,19H,2,13H2,1H3/b11-9+. The molecule has 1 aromatic heterocycles. The maximum atomic E-state index is 5.78. The summed E-state index contributed by atoms with van der Waals surface area (Å²) in [5.41, 5.74) is 4.06. The summed E-state index contributed by atoms with van der Waals surface area (Å²) in [6.45, 7) is 3.90. The van der Waals surface area contributed by atoms with Crippen LogP contribution in [0.15, 0.2) is 52.9 Å². The Kier molecular flexibility index (Phi) is 4.12. The van der Waals surface area contributed by atoms with Gasteiger partial charge in [0.05, 0.1) is 0 Å². The van der Waals surface area contributed by atoms with Crippen molar-refractivity contribution in [2.45, 2.75) is 13.5 Å². The van der Waals surface area contributed by atoms with Crippen molar-refractivity contribution in [1.82, 2.24) is 10.3 Å². The average molecular weight is 278 g/mol. The fourth-order valence-electron chi connectivity index (χ4n) is 2.17. The lowest BCUT2D eigenvalue weighted by molar-refractivity contribution is 0.589. The Morgan fingerprint density at radius 2 is 1.95 bits per heavy atom. The van der Waals surface area contributed by atoms with Crippen LogP contribution in [0.5, 0.6) is 0 Å². The number of hydrogen-bond donors (Lipinski definition) is 1. The van der Waals surface area contributed by atoms with Crippen molar-refractivity contribution >= 4 is 23.3 Å². The smallest absolute Gasteiger partial charge is 0.220 e. The monoisotopic (exact) mass is 278 g/mol. The molecule has 106 valence electrons. The van der Waals surface area contributed by atoms with Crippen LogP contribution in [-0.2, 0) is 6.54 Å². The first-order valence-corrected chi connectivity index (χ1v) is 7.18. The Balaban J connectivity index is 1.82. The highest BCUT2D eigenvalue weighted by Gasteiger charge is 2.04. The van der Waals surface area contributed by atoms with E-state index in [0.717, 1.165) is 29.8 Å². The van der Waals surface area contributed by atoms with E-state index in [1.165, 1.54) is 5.56 Å². The van der Waals surface area contributed by atoms with Crippen molar-refractivity contribution in [1.29, 1.82) is 0 Å². The van der Waals surface area contributed by atoms with E-state index in [1.807, 2.05) is 54.6 Å². The molecule has 0 spiro atoms. The summed E-state index contributed by atoms with van der Waals surface area (Å²) < 4.78 is 5.78. The van der Waals surface area contributed by atoms with Gasteiger partial charge in [0.15, 0.2) is 5.58 Å². The lowest BCUT2D eigenvalue weighted by atomic mass is 10.2. The highest BCUT2D eigenvalue weighted by atomic mass is 16.3. The van der Waals surface area contributed by atoms with Crippen molar-refractivity contribution < 1.29 is 4.42 Å². The summed E-state index contributed by atoms with van der Waals surface area (Å²) >= 11 is 0. The maximum Gasteiger partial charge on any atom is 0.220 e. The largest absolute Gasteiger partial charge is 0.437 e. The van der Waals surface area contributed by atoms with Crippen LogP contribution in [0.4, 0.5) is 0 Å². The molecule has 0 bridgehead atoms. The van der Waals surface area contributed by atoms with Crippen molar-refractivity contribution in [2.24, 2.45) is 0 Å². The van der Waals surface area contributed by atoms with Gasteiger partial charge in [-0.05, 0) is 35.9 Å². The molecule has 1 N–H and O–H groups in total. The van der Waals surface area contributed by atoms with E-state index in [9.17, 15) is 0 Å². The molecule has 1 heterocycles. The predicted octanol–water partition coefficient (Wildman–Crippen LogP) is 4.11. The summed E-state index contributed by atoms with van der Waals surface area (Å²) in [6, 6.07) is 16.3. The quantitative estimate of drug-likeness (QED) is 0.763. The van der Waals surface area contributed by atoms with Gasteiger partial charge in [-0.25, -0.2) is 4.98 Å². The fraction of sp³-hybridized carbons (Fsp3) is 0.167. The Hall–Kier alpha value is -2.39. The molecule has 0 saturated carbocycles. The highest BCUT2D eigenvalue weighted by Crippen LogP contribution is 2.19. The zero-order valence-corrected chi connectivity index (χ0v) is 12.0. The van der Waals surface area contributed by atoms with Gasteiger partial charge >= 0.3 is 0 Å². The van der Waals surface area contributed by atoms with E-state index in [1.54, 1.807) is 0 Å². The molecule has 0 fully saturated rings. The topological polar surface area (TPSA) is 38.1 Å². The van der Waals surface area contributed by atoms with Crippen LogP contribution < -0.4 is 5.32 Å². The number of hydrogen-bond acceptors (Lipinski definition) is 3. The van der Waals surface area contributed by atoms with E-state index in [0.29, 0.717) is 5.89 Å². The fourth-order valence-corrected chi connectivity index (χ4v) is 2.17. The third-order valence-corrected chi connectivity index (χ3v) is 3.27. The number of aromatic nitrogens is 1. The molecule has 3 nitrogen and oxygen atoms in total. The highest BCUT2D eigenvalue weighted by molar-refractivity contribution is 5.76. The number of fused-ring (bicyclic) bond motifs is 1. The second-order valence-corrected chi connectivity index (χ2v) is 4.88. The van der Waals surface area contributed by atoms with Crippen molar-refractivity contribution in [3.05, 3.63) is 65.5 Å². The summed E-state index contributed by atoms with van der Waals surface area (Å²) in [5.74, 6) is 0.634. The van der Waals surface area contributed by atoms with E-state index in [4.69, 9.17) is 4.42 Å². The van der Waals surface area contributed by atoms with Crippen LogP contribution in [0.2, 0.25) is 0 Å². The Morgan fingerprint density at radius 1 is 1.10 bits per heavy atom. The Labute approximate surface area is 124 Å². The number of nitrogens with zero attached hydrogens (tertiary/aromatic N) is 1. The van der Waals surface area contributed by atoms with E-state index in [2.05, 4.69) is 23.3 Å². The van der Waals surface area contributed by atoms with Gasteiger partial charge in [0, 0.05) is 12.6 Å². The third kappa shape index (κ3) is 3.38. The van der Waals surface area contributed by atoms with Gasteiger partial charge in [0.25, 0.3) is 0 Å². The zero-order valence-electron chi connectivity index (χ0n) is 12.0. The lowest BCUT2D eigenvalue weighted by Gasteiger charge is -2.00. The molecule has 0 aliphatic carbocycles. The first-order valence-electron chi connectivity index (χ1n) is 7.18. The molecule has 0 atom stereocenters. The van der Waals surface area contributed by atoms with Gasteiger partial charge in [0.2, 0.25) is 5.89 Å². The summed E-state index contributed by atoms with van der Waals surface area (Å²) in [6.07, 6.45) is 3.91. The van der Waals surface area contributed by atoms with Crippen LogP contribution in [0.25, 0.3) is 23.3 Å². The molecule has 0 unspecified atom stereocenters. The molecular weight excluding hydrogens is 260 g/mol. The SMILES string of the molecule is CCNCc1ccc2nc(/C=C/c3ccccc3)oc2c1. The van der Waals surface area contributed by atoms with Crippen molar-refractivity contribution in [3.63, 3.8) is 0 Å². The van der Waals surface area contributed by atoms with Crippen LogP contribution >= 0.6 is 0 Å². The van der Waals surface area contributed by atoms with Gasteiger partial charge in [-0.15, -0.1) is 0 Å². The number of nitrogens with one attached hydrogen (secondary N) is 1. The normalized spacial score (nSPS) is 11.5. The predicted molar refractivity (Wildman–Crippen MR) is 86.8 cm³/mol. The maximum absolute atomic E-state index is 5.78. The molecule has 0 saturated heterocycles. The van der Waals surface area contributed by atoms with Crippen LogP contribution in [0, 0.1) is 0 Å². The number of oxazole rings is 1. The Bertz CT molecular complexity index is 744. The van der Waals surface area contributed by atoms with Crippen molar-refractivity contribution in [2.75, 3.05) is 6.54 Å². The first kappa shape index (κ1) is 13.6. The van der Waals surface area contributed by atoms with Gasteiger partial charge in [0.1, 0.15) is 5.52 Å². The minimum atomic E-state index is 0.634. The molecule has 0 aliphatic heterocycles. The molecule has 21 heavy (non-hydrogen) atoms. The Morgan fingerprint density at radius 3 is 2.76 bits per heavy atom. The number of rotatable bonds is 5. The molecule has 3 aromatic rings. The summed E-state index contributed by atoms with van der Waals surface area (Å²) in [5, 5.41) is 3.31. The van der Waals surface area contributed by atoms with Gasteiger partial charge in [-0.1, -0.05) is 43.3 Å². The summed E-state index contributed by atoms with van der Waals surface area (Å²) in [4.78, 5) is 4.48. The van der Waals surface area contributed by atoms with Gasteiger partial charge in [-0.2, -0.15) is 0 Å². The second kappa shape index (κ2) is 6.37. The minimum Gasteiger partial charge on any atom is -0.437 e.